The highest BCUT2D eigenvalue weighted by atomic mass is 16.5. The van der Waals surface area contributed by atoms with E-state index in [-0.39, 0.29) is 31.3 Å². The van der Waals surface area contributed by atoms with E-state index in [4.69, 9.17) is 14.2 Å². The summed E-state index contributed by atoms with van der Waals surface area (Å²) in [4.78, 5) is 12.1. The Bertz CT molecular complexity index is 283. The highest BCUT2D eigenvalue weighted by Crippen LogP contribution is 2.17. The van der Waals surface area contributed by atoms with E-state index in [1.54, 1.807) is 6.92 Å². The summed E-state index contributed by atoms with van der Waals surface area (Å²) in [7, 11) is 0. The number of nitrogens with one attached hydrogen (secondary N) is 1. The lowest BCUT2D eigenvalue weighted by molar-refractivity contribution is -0.138. The van der Waals surface area contributed by atoms with Crippen molar-refractivity contribution in [1.82, 2.24) is 5.32 Å². The Hall–Kier alpha value is -0.690. The lowest BCUT2D eigenvalue weighted by Crippen LogP contribution is -2.46. The molecule has 0 aliphatic heterocycles. The van der Waals surface area contributed by atoms with Crippen LogP contribution in [-0.4, -0.2) is 62.8 Å². The second-order valence-electron chi connectivity index (χ2n) is 5.87. The van der Waals surface area contributed by atoms with Gasteiger partial charge in [-0.1, -0.05) is 0 Å². The third-order valence-corrected chi connectivity index (χ3v) is 2.84. The molecule has 0 aliphatic carbocycles. The van der Waals surface area contributed by atoms with Crippen LogP contribution in [-0.2, 0) is 19.0 Å². The first-order valence-corrected chi connectivity index (χ1v) is 7.52. The van der Waals surface area contributed by atoms with Gasteiger partial charge in [-0.3, -0.25) is 4.79 Å². The molecule has 0 saturated heterocycles. The first-order chi connectivity index (χ1) is 9.81. The van der Waals surface area contributed by atoms with Crippen molar-refractivity contribution in [3.05, 3.63) is 0 Å². The van der Waals surface area contributed by atoms with Gasteiger partial charge in [-0.05, 0) is 34.6 Å². The summed E-state index contributed by atoms with van der Waals surface area (Å²) < 4.78 is 16.1. The topological polar surface area (TPSA) is 77.0 Å². The molecule has 2 N–H and O–H groups in total. The summed E-state index contributed by atoms with van der Waals surface area (Å²) in [5, 5.41) is 12.2. The van der Waals surface area contributed by atoms with E-state index in [1.807, 2.05) is 27.7 Å². The molecule has 0 aromatic carbocycles. The Morgan fingerprint density at radius 3 is 2.24 bits per heavy atom. The van der Waals surface area contributed by atoms with E-state index in [0.29, 0.717) is 26.4 Å². The molecule has 0 bridgehead atoms. The number of carbonyl (C=O) groups excluding carboxylic acids is 1. The fourth-order valence-electron chi connectivity index (χ4n) is 1.43. The highest BCUT2D eigenvalue weighted by Gasteiger charge is 2.33. The molecule has 0 heterocycles. The molecule has 6 nitrogen and oxygen atoms in total. The molecular weight excluding hydrogens is 274 g/mol. The zero-order valence-electron chi connectivity index (χ0n) is 14.0. The van der Waals surface area contributed by atoms with Crippen LogP contribution >= 0.6 is 0 Å². The first-order valence-electron chi connectivity index (χ1n) is 7.52. The molecule has 0 aliphatic rings. The molecule has 1 amide bonds. The number of hydrogen-bond donors (Lipinski definition) is 2. The molecule has 0 aromatic rings. The molecule has 0 spiro atoms. The molecule has 21 heavy (non-hydrogen) atoms. The fraction of sp³-hybridized carbons (Fsp3) is 0.933. The van der Waals surface area contributed by atoms with E-state index in [0.717, 1.165) is 0 Å². The monoisotopic (exact) mass is 305 g/mol. The summed E-state index contributed by atoms with van der Waals surface area (Å²) in [6.45, 7) is 11.2. The minimum atomic E-state index is -0.926. The highest BCUT2D eigenvalue weighted by molar-refractivity contribution is 5.82. The SMILES string of the molecule is CC(C)OCCOCCNC(=O)C(C)(CO)COC(C)C. The molecule has 0 aromatic heterocycles. The van der Waals surface area contributed by atoms with Crippen LogP contribution in [0.3, 0.4) is 0 Å². The fourth-order valence-corrected chi connectivity index (χ4v) is 1.43. The van der Waals surface area contributed by atoms with E-state index in [9.17, 15) is 9.90 Å². The van der Waals surface area contributed by atoms with Gasteiger partial charge in [0.15, 0.2) is 0 Å². The maximum Gasteiger partial charge on any atom is 0.230 e. The van der Waals surface area contributed by atoms with Crippen LogP contribution in [0.5, 0.6) is 0 Å². The maximum absolute atomic E-state index is 12.1. The minimum Gasteiger partial charge on any atom is -0.395 e. The van der Waals surface area contributed by atoms with Crippen LogP contribution < -0.4 is 5.32 Å². The second kappa shape index (κ2) is 11.0. The Labute approximate surface area is 128 Å². The molecular formula is C15H31NO5. The molecule has 0 fully saturated rings. The normalized spacial score (nSPS) is 14.5. The van der Waals surface area contributed by atoms with Crippen molar-refractivity contribution in [2.75, 3.05) is 39.6 Å². The number of amides is 1. The van der Waals surface area contributed by atoms with Crippen molar-refractivity contribution in [2.24, 2.45) is 5.41 Å². The summed E-state index contributed by atoms with van der Waals surface area (Å²) in [5.41, 5.74) is -0.926. The van der Waals surface area contributed by atoms with Gasteiger partial charge in [0.05, 0.1) is 50.7 Å². The van der Waals surface area contributed by atoms with Crippen molar-refractivity contribution < 1.29 is 24.1 Å². The van der Waals surface area contributed by atoms with Crippen LogP contribution in [0.4, 0.5) is 0 Å². The van der Waals surface area contributed by atoms with Gasteiger partial charge in [-0.2, -0.15) is 0 Å². The second-order valence-corrected chi connectivity index (χ2v) is 5.87. The Kier molecular flexibility index (Phi) is 10.6. The van der Waals surface area contributed by atoms with Crippen molar-refractivity contribution in [2.45, 2.75) is 46.8 Å². The van der Waals surface area contributed by atoms with E-state index in [1.165, 1.54) is 0 Å². The molecule has 126 valence electrons. The van der Waals surface area contributed by atoms with Crippen molar-refractivity contribution in [1.29, 1.82) is 0 Å². The zero-order valence-corrected chi connectivity index (χ0v) is 14.0. The zero-order chi connectivity index (χ0) is 16.3. The number of aliphatic hydroxyl groups is 1. The Morgan fingerprint density at radius 1 is 1.10 bits per heavy atom. The predicted octanol–water partition coefficient (Wildman–Crippen LogP) is 0.968. The summed E-state index contributed by atoms with van der Waals surface area (Å²) >= 11 is 0. The van der Waals surface area contributed by atoms with Gasteiger partial charge in [0.2, 0.25) is 5.91 Å². The minimum absolute atomic E-state index is 0.0213. The third-order valence-electron chi connectivity index (χ3n) is 2.84. The average molecular weight is 305 g/mol. The molecule has 0 saturated carbocycles. The Balaban J connectivity index is 3.84. The average Bonchev–Trinajstić information content (AvgIpc) is 2.43. The number of rotatable bonds is 12. The quantitative estimate of drug-likeness (QED) is 0.525. The van der Waals surface area contributed by atoms with Gasteiger partial charge < -0.3 is 24.6 Å². The largest absolute Gasteiger partial charge is 0.395 e. The number of aliphatic hydroxyl groups excluding tert-OH is 1. The number of hydrogen-bond acceptors (Lipinski definition) is 5. The van der Waals surface area contributed by atoms with Gasteiger partial charge in [-0.15, -0.1) is 0 Å². The van der Waals surface area contributed by atoms with Gasteiger partial charge in [0.25, 0.3) is 0 Å². The summed E-state index contributed by atoms with van der Waals surface area (Å²) in [6, 6.07) is 0. The maximum atomic E-state index is 12.1. The molecule has 1 atom stereocenters. The summed E-state index contributed by atoms with van der Waals surface area (Å²) in [6.07, 6.45) is 0.215. The van der Waals surface area contributed by atoms with Crippen molar-refractivity contribution in [3.63, 3.8) is 0 Å². The van der Waals surface area contributed by atoms with Crippen LogP contribution in [0.15, 0.2) is 0 Å². The Morgan fingerprint density at radius 2 is 1.71 bits per heavy atom. The van der Waals surface area contributed by atoms with Gasteiger partial charge >= 0.3 is 0 Å². The van der Waals surface area contributed by atoms with Crippen LogP contribution in [0.1, 0.15) is 34.6 Å². The van der Waals surface area contributed by atoms with Crippen molar-refractivity contribution >= 4 is 5.91 Å². The van der Waals surface area contributed by atoms with Crippen molar-refractivity contribution in [3.8, 4) is 0 Å². The predicted molar refractivity (Wildman–Crippen MR) is 81.2 cm³/mol. The third kappa shape index (κ3) is 9.79. The standard InChI is InChI=1S/C15H31NO5/c1-12(2)20-9-8-19-7-6-16-14(18)15(5,10-17)11-21-13(3)4/h12-13,17H,6-11H2,1-5H3,(H,16,18). The number of ether oxygens (including phenoxy) is 3. The molecule has 0 radical (unpaired) electrons. The van der Waals surface area contributed by atoms with Gasteiger partial charge in [0, 0.05) is 6.54 Å². The molecule has 1 unspecified atom stereocenters. The smallest absolute Gasteiger partial charge is 0.230 e. The lowest BCUT2D eigenvalue weighted by Gasteiger charge is -2.26. The van der Waals surface area contributed by atoms with E-state index in [2.05, 4.69) is 5.32 Å². The summed E-state index contributed by atoms with van der Waals surface area (Å²) in [5.74, 6) is -0.229. The first kappa shape index (κ1) is 20.3. The van der Waals surface area contributed by atoms with Crippen LogP contribution in [0.25, 0.3) is 0 Å². The van der Waals surface area contributed by atoms with Crippen LogP contribution in [0.2, 0.25) is 0 Å². The molecule has 0 rings (SSSR count). The lowest BCUT2D eigenvalue weighted by atomic mass is 9.91. The van der Waals surface area contributed by atoms with Gasteiger partial charge in [-0.25, -0.2) is 0 Å². The van der Waals surface area contributed by atoms with E-state index < -0.39 is 5.41 Å². The van der Waals surface area contributed by atoms with Crippen LogP contribution in [0, 0.1) is 5.41 Å². The van der Waals surface area contributed by atoms with E-state index >= 15 is 0 Å². The number of carbonyl (C=O) groups is 1. The molecule has 6 heteroatoms. The van der Waals surface area contributed by atoms with Gasteiger partial charge in [0.1, 0.15) is 0 Å².